The highest BCUT2D eigenvalue weighted by Gasteiger charge is 2.16. The summed E-state index contributed by atoms with van der Waals surface area (Å²) >= 11 is 16.7. The van der Waals surface area contributed by atoms with Crippen molar-refractivity contribution >= 4 is 62.5 Å². The Kier molecular flexibility index (Phi) is 6.08. The molecule has 0 spiro atoms. The van der Waals surface area contributed by atoms with E-state index in [0.29, 0.717) is 26.7 Å². The van der Waals surface area contributed by atoms with Gasteiger partial charge in [-0.25, -0.2) is 4.68 Å². The average molecular weight is 473 g/mol. The molecule has 3 aromatic rings. The van der Waals surface area contributed by atoms with Crippen molar-refractivity contribution in [1.82, 2.24) is 14.9 Å². The number of aromatic nitrogens is 3. The van der Waals surface area contributed by atoms with Crippen LogP contribution in [0.15, 0.2) is 52.1 Å². The molecule has 10 heteroatoms. The summed E-state index contributed by atoms with van der Waals surface area (Å²) in [6, 6.07) is 12.5. The van der Waals surface area contributed by atoms with E-state index >= 15 is 0 Å². The van der Waals surface area contributed by atoms with Gasteiger partial charge >= 0.3 is 0 Å². The number of thioether (sulfide) groups is 1. The average Bonchev–Trinajstić information content (AvgIpc) is 2.97. The van der Waals surface area contributed by atoms with Gasteiger partial charge < -0.3 is 11.2 Å². The predicted molar refractivity (Wildman–Crippen MR) is 109 cm³/mol. The fourth-order valence-electron chi connectivity index (χ4n) is 2.12. The molecule has 3 N–H and O–H groups in total. The number of hydrogen-bond donors (Lipinski definition) is 2. The number of carbonyl (C=O) groups is 1. The van der Waals surface area contributed by atoms with Crippen LogP contribution in [0.2, 0.25) is 10.0 Å². The zero-order valence-electron chi connectivity index (χ0n) is 13.1. The minimum Gasteiger partial charge on any atom is -0.335 e. The van der Waals surface area contributed by atoms with Crippen LogP contribution in [-0.2, 0) is 4.79 Å². The summed E-state index contributed by atoms with van der Waals surface area (Å²) in [5.74, 6) is 6.36. The SMILES string of the molecule is Nn1c(SCC(=O)Nc2c(Cl)cccc2Cl)nnc1-c1ccccc1Br. The second-order valence-corrected chi connectivity index (χ2v) is 7.70. The molecule has 0 aliphatic carbocycles. The second-order valence-electron chi connectivity index (χ2n) is 5.09. The van der Waals surface area contributed by atoms with Crippen LogP contribution in [0.4, 0.5) is 5.69 Å². The van der Waals surface area contributed by atoms with Crippen molar-refractivity contribution in [3.8, 4) is 11.4 Å². The first-order chi connectivity index (χ1) is 12.5. The quantitative estimate of drug-likeness (QED) is 0.423. The van der Waals surface area contributed by atoms with Gasteiger partial charge in [0.2, 0.25) is 11.1 Å². The van der Waals surface area contributed by atoms with Crippen LogP contribution in [0.25, 0.3) is 11.4 Å². The highest BCUT2D eigenvalue weighted by Crippen LogP contribution is 2.31. The molecule has 3 rings (SSSR count). The fourth-order valence-corrected chi connectivity index (χ4v) is 3.74. The van der Waals surface area contributed by atoms with Crippen molar-refractivity contribution in [3.05, 3.63) is 57.0 Å². The van der Waals surface area contributed by atoms with Crippen LogP contribution in [0.1, 0.15) is 0 Å². The lowest BCUT2D eigenvalue weighted by atomic mass is 10.2. The molecule has 0 atom stereocenters. The Bertz CT molecular complexity index is 945. The van der Waals surface area contributed by atoms with Gasteiger partial charge in [-0.1, -0.05) is 69.1 Å². The Labute approximate surface area is 172 Å². The Balaban J connectivity index is 1.69. The number of hydrogen-bond acceptors (Lipinski definition) is 5. The lowest BCUT2D eigenvalue weighted by Crippen LogP contribution is -2.17. The van der Waals surface area contributed by atoms with Crippen molar-refractivity contribution in [1.29, 1.82) is 0 Å². The van der Waals surface area contributed by atoms with Crippen LogP contribution in [-0.4, -0.2) is 26.5 Å². The lowest BCUT2D eigenvalue weighted by Gasteiger charge is -2.09. The van der Waals surface area contributed by atoms with Crippen molar-refractivity contribution in [2.75, 3.05) is 16.9 Å². The zero-order chi connectivity index (χ0) is 18.7. The number of rotatable bonds is 5. The third kappa shape index (κ3) is 4.15. The normalized spacial score (nSPS) is 10.7. The first-order valence-electron chi connectivity index (χ1n) is 7.29. The molecule has 0 saturated carbocycles. The van der Waals surface area contributed by atoms with E-state index in [1.807, 2.05) is 24.3 Å². The molecule has 26 heavy (non-hydrogen) atoms. The molecule has 2 aromatic carbocycles. The molecule has 0 fully saturated rings. The van der Waals surface area contributed by atoms with E-state index in [2.05, 4.69) is 31.4 Å². The molecule has 1 aromatic heterocycles. The summed E-state index contributed by atoms with van der Waals surface area (Å²) in [6.07, 6.45) is 0. The van der Waals surface area contributed by atoms with Crippen LogP contribution >= 0.6 is 50.9 Å². The highest BCUT2D eigenvalue weighted by atomic mass is 79.9. The monoisotopic (exact) mass is 471 g/mol. The number of nitrogens with zero attached hydrogens (tertiary/aromatic N) is 3. The Morgan fingerprint density at radius 2 is 1.85 bits per heavy atom. The summed E-state index contributed by atoms with van der Waals surface area (Å²) < 4.78 is 2.20. The van der Waals surface area contributed by atoms with Crippen molar-refractivity contribution in [2.45, 2.75) is 5.16 Å². The Morgan fingerprint density at radius 3 is 2.54 bits per heavy atom. The molecule has 0 saturated heterocycles. The minimum atomic E-state index is -0.282. The molecule has 0 aliphatic heterocycles. The molecule has 1 amide bonds. The van der Waals surface area contributed by atoms with E-state index in [9.17, 15) is 4.79 Å². The molecule has 0 aliphatic rings. The fraction of sp³-hybridized carbons (Fsp3) is 0.0625. The van der Waals surface area contributed by atoms with E-state index in [4.69, 9.17) is 29.0 Å². The number of para-hydroxylation sites is 1. The third-order valence-electron chi connectivity index (χ3n) is 3.34. The van der Waals surface area contributed by atoms with Gasteiger partial charge in [-0.15, -0.1) is 10.2 Å². The summed E-state index contributed by atoms with van der Waals surface area (Å²) in [4.78, 5) is 12.2. The molecular formula is C16H12BrCl2N5OS. The highest BCUT2D eigenvalue weighted by molar-refractivity contribution is 9.10. The summed E-state index contributed by atoms with van der Waals surface area (Å²) in [5.41, 5.74) is 1.19. The van der Waals surface area contributed by atoms with Gasteiger partial charge in [0.05, 0.1) is 21.5 Å². The van der Waals surface area contributed by atoms with Gasteiger partial charge in [-0.05, 0) is 24.3 Å². The van der Waals surface area contributed by atoms with E-state index in [1.54, 1.807) is 18.2 Å². The van der Waals surface area contributed by atoms with E-state index in [1.165, 1.54) is 4.68 Å². The minimum absolute atomic E-state index is 0.0762. The standard InChI is InChI=1S/C16H12BrCl2N5OS/c17-10-5-2-1-4-9(10)15-22-23-16(24(15)20)26-8-13(25)21-14-11(18)6-3-7-12(14)19/h1-7H,8,20H2,(H,21,25). The maximum atomic E-state index is 12.2. The van der Waals surface area contributed by atoms with Gasteiger partial charge in [-0.2, -0.15) is 0 Å². The maximum Gasteiger partial charge on any atom is 0.234 e. The van der Waals surface area contributed by atoms with Crippen LogP contribution in [0.3, 0.4) is 0 Å². The van der Waals surface area contributed by atoms with Gasteiger partial charge in [0.15, 0.2) is 5.82 Å². The number of nitrogen functional groups attached to an aromatic ring is 1. The molecule has 0 radical (unpaired) electrons. The molecule has 134 valence electrons. The summed E-state index contributed by atoms with van der Waals surface area (Å²) in [6.45, 7) is 0. The summed E-state index contributed by atoms with van der Waals surface area (Å²) in [7, 11) is 0. The predicted octanol–water partition coefficient (Wildman–Crippen LogP) is 4.46. The number of amides is 1. The molecule has 6 nitrogen and oxygen atoms in total. The van der Waals surface area contributed by atoms with E-state index < -0.39 is 0 Å². The number of benzene rings is 2. The smallest absolute Gasteiger partial charge is 0.234 e. The van der Waals surface area contributed by atoms with Crippen LogP contribution in [0.5, 0.6) is 0 Å². The molecule has 0 bridgehead atoms. The number of anilines is 1. The largest absolute Gasteiger partial charge is 0.335 e. The number of nitrogens with one attached hydrogen (secondary N) is 1. The Hall–Kier alpha value is -1.74. The van der Waals surface area contributed by atoms with Gasteiger partial charge in [0, 0.05) is 10.0 Å². The first kappa shape index (κ1) is 19.0. The molecule has 1 heterocycles. The van der Waals surface area contributed by atoms with Crippen molar-refractivity contribution < 1.29 is 4.79 Å². The second kappa shape index (κ2) is 8.30. The molecular weight excluding hydrogens is 461 g/mol. The Morgan fingerprint density at radius 1 is 1.15 bits per heavy atom. The number of carbonyl (C=O) groups excluding carboxylic acids is 1. The van der Waals surface area contributed by atoms with Gasteiger partial charge in [0.1, 0.15) is 0 Å². The molecule has 0 unspecified atom stereocenters. The zero-order valence-corrected chi connectivity index (χ0v) is 17.0. The number of halogens is 3. The maximum absolute atomic E-state index is 12.2. The van der Waals surface area contributed by atoms with E-state index in [0.717, 1.165) is 21.8 Å². The third-order valence-corrected chi connectivity index (χ3v) is 5.60. The van der Waals surface area contributed by atoms with Crippen molar-refractivity contribution in [3.63, 3.8) is 0 Å². The van der Waals surface area contributed by atoms with Crippen LogP contribution < -0.4 is 11.2 Å². The van der Waals surface area contributed by atoms with E-state index in [-0.39, 0.29) is 11.7 Å². The van der Waals surface area contributed by atoms with Crippen molar-refractivity contribution in [2.24, 2.45) is 0 Å². The van der Waals surface area contributed by atoms with Gasteiger partial charge in [-0.3, -0.25) is 4.79 Å². The van der Waals surface area contributed by atoms with Crippen LogP contribution in [0, 0.1) is 0 Å². The van der Waals surface area contributed by atoms with Gasteiger partial charge in [0.25, 0.3) is 0 Å². The summed E-state index contributed by atoms with van der Waals surface area (Å²) in [5, 5.41) is 12.0. The first-order valence-corrected chi connectivity index (χ1v) is 9.83. The topological polar surface area (TPSA) is 85.8 Å². The lowest BCUT2D eigenvalue weighted by molar-refractivity contribution is -0.113. The number of nitrogens with two attached hydrogens (primary N) is 1.